The number of hydrazine groups is 1. The third kappa shape index (κ3) is 5.23. The molecule has 134 valence electrons. The molecule has 0 bridgehead atoms. The third-order valence-corrected chi connectivity index (χ3v) is 4.62. The van der Waals surface area contributed by atoms with Gasteiger partial charge in [-0.2, -0.15) is 0 Å². The number of hydrogen-bond acceptors (Lipinski definition) is 4. The Labute approximate surface area is 145 Å². The highest BCUT2D eigenvalue weighted by Crippen LogP contribution is 2.41. The number of amidine groups is 1. The number of nitrogens with one attached hydrogen (secondary N) is 2. The van der Waals surface area contributed by atoms with Gasteiger partial charge in [-0.05, 0) is 36.3 Å². The van der Waals surface area contributed by atoms with Gasteiger partial charge in [-0.25, -0.2) is 11.4 Å². The van der Waals surface area contributed by atoms with Crippen molar-refractivity contribution in [1.82, 2.24) is 10.9 Å². The quantitative estimate of drug-likeness (QED) is 0.287. The van der Waals surface area contributed by atoms with E-state index < -0.39 is 0 Å². The van der Waals surface area contributed by atoms with Crippen molar-refractivity contribution < 1.29 is 4.79 Å². The van der Waals surface area contributed by atoms with Crippen LogP contribution in [0.5, 0.6) is 0 Å². The summed E-state index contributed by atoms with van der Waals surface area (Å²) in [6.45, 7) is 9.28. The molecule has 0 spiro atoms. The van der Waals surface area contributed by atoms with Crippen LogP contribution in [-0.2, 0) is 0 Å². The maximum absolute atomic E-state index is 12.2. The zero-order valence-electron chi connectivity index (χ0n) is 15.2. The van der Waals surface area contributed by atoms with Gasteiger partial charge in [0.05, 0.1) is 0 Å². The van der Waals surface area contributed by atoms with Gasteiger partial charge in [0.2, 0.25) is 0 Å². The van der Waals surface area contributed by atoms with E-state index in [1.54, 1.807) is 24.3 Å². The standard InChI is InChI=1S/C16H25N5O.C2H6/c1-16(2)9-3-4-13(16)10-19-15(22)12-7-5-11(6-8-12)14(17)20-21-18;1-2/h5-8,13,21H,3-4,9-10,18H2,1-2H3,(H2,17,20)(H,19,22);1-2H3. The lowest BCUT2D eigenvalue weighted by Crippen LogP contribution is -2.33. The van der Waals surface area contributed by atoms with Gasteiger partial charge in [-0.3, -0.25) is 4.79 Å². The summed E-state index contributed by atoms with van der Waals surface area (Å²) >= 11 is 0. The first-order chi connectivity index (χ1) is 11.4. The Morgan fingerprint density at radius 1 is 1.25 bits per heavy atom. The van der Waals surface area contributed by atoms with Crippen molar-refractivity contribution in [3.63, 3.8) is 0 Å². The number of rotatable bonds is 5. The number of carbonyl (C=O) groups excluding carboxylic acids is 1. The first-order valence-electron chi connectivity index (χ1n) is 8.61. The average Bonchev–Trinajstić information content (AvgIpc) is 2.93. The van der Waals surface area contributed by atoms with Gasteiger partial charge in [0.25, 0.3) is 5.91 Å². The molecule has 1 unspecified atom stereocenters. The zero-order valence-corrected chi connectivity index (χ0v) is 15.2. The zero-order chi connectivity index (χ0) is 18.2. The molecule has 1 aromatic carbocycles. The van der Waals surface area contributed by atoms with Gasteiger partial charge in [-0.15, -0.1) is 5.10 Å². The highest BCUT2D eigenvalue weighted by molar-refractivity contribution is 5.99. The van der Waals surface area contributed by atoms with Crippen LogP contribution >= 0.6 is 0 Å². The summed E-state index contributed by atoms with van der Waals surface area (Å²) in [6.07, 6.45) is 3.66. The number of amides is 1. The molecular formula is C18H31N5O. The van der Waals surface area contributed by atoms with E-state index in [0.29, 0.717) is 22.5 Å². The number of benzene rings is 1. The van der Waals surface area contributed by atoms with E-state index in [0.717, 1.165) is 6.54 Å². The molecule has 0 aliphatic heterocycles. The molecule has 1 aromatic rings. The SMILES string of the molecule is CC.CC1(C)CCCC1CNC(=O)c1ccc(/C(N)=N/NN)cc1. The number of nitrogens with two attached hydrogens (primary N) is 2. The largest absolute Gasteiger partial charge is 0.382 e. The van der Waals surface area contributed by atoms with Crippen LogP contribution in [0.15, 0.2) is 29.4 Å². The molecule has 0 aromatic heterocycles. The number of hydrazone groups is 1. The summed E-state index contributed by atoms with van der Waals surface area (Å²) < 4.78 is 0. The molecule has 0 saturated heterocycles. The Hall–Kier alpha value is -2.08. The molecule has 1 atom stereocenters. The first-order valence-corrected chi connectivity index (χ1v) is 8.61. The van der Waals surface area contributed by atoms with Gasteiger partial charge >= 0.3 is 0 Å². The summed E-state index contributed by atoms with van der Waals surface area (Å²) in [5.74, 6) is 5.86. The topological polar surface area (TPSA) is 106 Å². The molecule has 1 aliphatic carbocycles. The van der Waals surface area contributed by atoms with E-state index >= 15 is 0 Å². The van der Waals surface area contributed by atoms with Crippen LogP contribution in [0.4, 0.5) is 0 Å². The number of nitrogens with zero attached hydrogens (tertiary/aromatic N) is 1. The molecule has 24 heavy (non-hydrogen) atoms. The van der Waals surface area contributed by atoms with Gasteiger partial charge < -0.3 is 11.1 Å². The lowest BCUT2D eigenvalue weighted by atomic mass is 9.82. The fourth-order valence-electron chi connectivity index (χ4n) is 3.02. The van der Waals surface area contributed by atoms with E-state index in [1.807, 2.05) is 13.8 Å². The minimum Gasteiger partial charge on any atom is -0.382 e. The highest BCUT2D eigenvalue weighted by Gasteiger charge is 2.34. The van der Waals surface area contributed by atoms with Crippen molar-refractivity contribution in [2.45, 2.75) is 47.0 Å². The van der Waals surface area contributed by atoms with Gasteiger partial charge in [-0.1, -0.05) is 46.2 Å². The van der Waals surface area contributed by atoms with Crippen LogP contribution in [0, 0.1) is 11.3 Å². The van der Waals surface area contributed by atoms with Gasteiger partial charge in [0.1, 0.15) is 0 Å². The average molecular weight is 333 g/mol. The van der Waals surface area contributed by atoms with Crippen LogP contribution < -0.4 is 22.4 Å². The second-order valence-electron chi connectivity index (χ2n) is 6.49. The van der Waals surface area contributed by atoms with Crippen molar-refractivity contribution >= 4 is 11.7 Å². The number of hydrogen-bond donors (Lipinski definition) is 4. The molecular weight excluding hydrogens is 302 g/mol. The van der Waals surface area contributed by atoms with Crippen LogP contribution in [0.1, 0.15) is 62.9 Å². The fraction of sp³-hybridized carbons (Fsp3) is 0.556. The van der Waals surface area contributed by atoms with Crippen LogP contribution in [0.2, 0.25) is 0 Å². The molecule has 0 heterocycles. The Morgan fingerprint density at radius 2 is 1.83 bits per heavy atom. The van der Waals surface area contributed by atoms with E-state index in [-0.39, 0.29) is 11.7 Å². The van der Waals surface area contributed by atoms with Crippen molar-refractivity contribution in [3.8, 4) is 0 Å². The molecule has 6 N–H and O–H groups in total. The summed E-state index contributed by atoms with van der Waals surface area (Å²) in [4.78, 5) is 12.2. The van der Waals surface area contributed by atoms with Crippen LogP contribution in [0.25, 0.3) is 0 Å². The molecule has 1 saturated carbocycles. The van der Waals surface area contributed by atoms with E-state index in [9.17, 15) is 4.79 Å². The van der Waals surface area contributed by atoms with Crippen molar-refractivity contribution in [3.05, 3.63) is 35.4 Å². The third-order valence-electron chi connectivity index (χ3n) is 4.62. The predicted octanol–water partition coefficient (Wildman–Crippen LogP) is 2.35. The minimum absolute atomic E-state index is 0.0540. The first kappa shape index (κ1) is 20.0. The second-order valence-corrected chi connectivity index (χ2v) is 6.49. The van der Waals surface area contributed by atoms with Crippen molar-refractivity contribution in [2.75, 3.05) is 6.54 Å². The molecule has 0 radical (unpaired) electrons. The summed E-state index contributed by atoms with van der Waals surface area (Å²) in [7, 11) is 0. The van der Waals surface area contributed by atoms with Crippen LogP contribution in [0.3, 0.4) is 0 Å². The molecule has 6 heteroatoms. The Bertz CT molecular complexity index is 551. The molecule has 6 nitrogen and oxygen atoms in total. The smallest absolute Gasteiger partial charge is 0.251 e. The van der Waals surface area contributed by atoms with Crippen molar-refractivity contribution in [2.24, 2.45) is 28.0 Å². The van der Waals surface area contributed by atoms with Gasteiger partial charge in [0.15, 0.2) is 5.84 Å². The Morgan fingerprint density at radius 3 is 2.33 bits per heavy atom. The second kappa shape index (κ2) is 9.27. The van der Waals surface area contributed by atoms with E-state index in [4.69, 9.17) is 11.6 Å². The maximum atomic E-state index is 12.2. The molecule has 1 aliphatic rings. The minimum atomic E-state index is -0.0540. The van der Waals surface area contributed by atoms with Crippen LogP contribution in [-0.4, -0.2) is 18.3 Å². The molecule has 1 fully saturated rings. The highest BCUT2D eigenvalue weighted by atomic mass is 16.1. The lowest BCUT2D eigenvalue weighted by molar-refractivity contribution is 0.0937. The molecule has 1 amide bonds. The van der Waals surface area contributed by atoms with E-state index in [2.05, 4.69) is 29.8 Å². The predicted molar refractivity (Wildman–Crippen MR) is 99.3 cm³/mol. The monoisotopic (exact) mass is 333 g/mol. The van der Waals surface area contributed by atoms with Crippen molar-refractivity contribution in [1.29, 1.82) is 0 Å². The summed E-state index contributed by atoms with van der Waals surface area (Å²) in [5, 5.41) is 6.73. The van der Waals surface area contributed by atoms with Gasteiger partial charge in [0, 0.05) is 17.7 Å². The summed E-state index contributed by atoms with van der Waals surface area (Å²) in [6, 6.07) is 6.99. The Balaban J connectivity index is 0.00000139. The molecule has 2 rings (SSSR count). The Kier molecular flexibility index (Phi) is 7.71. The normalized spacial score (nSPS) is 19.2. The number of carbonyl (C=O) groups is 1. The summed E-state index contributed by atoms with van der Waals surface area (Å²) in [5.41, 5.74) is 9.51. The lowest BCUT2D eigenvalue weighted by Gasteiger charge is -2.27. The maximum Gasteiger partial charge on any atom is 0.251 e. The fourth-order valence-corrected chi connectivity index (χ4v) is 3.02. The van der Waals surface area contributed by atoms with E-state index in [1.165, 1.54) is 19.3 Å².